The molecule has 0 unspecified atom stereocenters. The fraction of sp³-hybridized carbons (Fsp3) is 0.0667. The predicted molar refractivity (Wildman–Crippen MR) is 76.9 cm³/mol. The molecule has 0 amide bonds. The van der Waals surface area contributed by atoms with E-state index in [1.54, 1.807) is 19.2 Å². The smallest absolute Gasteiger partial charge is 0.270 e. The first-order chi connectivity index (χ1) is 9.67. The normalized spacial score (nSPS) is 10.7. The minimum absolute atomic E-state index is 0.0952. The number of rotatable bonds is 3. The van der Waals surface area contributed by atoms with Crippen LogP contribution in [0.2, 0.25) is 0 Å². The van der Waals surface area contributed by atoms with Crippen LogP contribution < -0.4 is 4.74 Å². The summed E-state index contributed by atoms with van der Waals surface area (Å²) in [5, 5.41) is 11.6. The average molecular weight is 268 g/mol. The first-order valence-corrected chi connectivity index (χ1v) is 6.09. The molecule has 0 fully saturated rings. The van der Waals surface area contributed by atoms with Crippen LogP contribution in [0.3, 0.4) is 0 Å². The molecule has 0 radical (unpaired) electrons. The highest BCUT2D eigenvalue weighted by Gasteiger charge is 2.09. The standard InChI is InChI=1S/C15H12N2O3/c1-20-13-5-2-10(3-6-13)15-9-11-8-12(17(18)19)4-7-14(11)16-15/h2-9,16H,1H3. The van der Waals surface area contributed by atoms with Crippen LogP contribution in [0.15, 0.2) is 48.5 Å². The predicted octanol–water partition coefficient (Wildman–Crippen LogP) is 3.75. The van der Waals surface area contributed by atoms with Gasteiger partial charge in [0.25, 0.3) is 5.69 Å². The molecule has 0 saturated carbocycles. The van der Waals surface area contributed by atoms with Crippen molar-refractivity contribution in [3.63, 3.8) is 0 Å². The lowest BCUT2D eigenvalue weighted by Crippen LogP contribution is -1.86. The van der Waals surface area contributed by atoms with E-state index in [1.165, 1.54) is 6.07 Å². The Kier molecular flexibility index (Phi) is 2.87. The number of aromatic nitrogens is 1. The third-order valence-corrected chi connectivity index (χ3v) is 3.22. The number of nitro benzene ring substituents is 1. The van der Waals surface area contributed by atoms with E-state index < -0.39 is 0 Å². The average Bonchev–Trinajstić information content (AvgIpc) is 2.90. The first-order valence-electron chi connectivity index (χ1n) is 6.09. The van der Waals surface area contributed by atoms with Crippen LogP contribution in [-0.4, -0.2) is 17.0 Å². The molecule has 3 aromatic rings. The van der Waals surface area contributed by atoms with E-state index in [1.807, 2.05) is 30.3 Å². The second-order valence-electron chi connectivity index (χ2n) is 4.44. The Morgan fingerprint density at radius 1 is 1.10 bits per heavy atom. The Labute approximate surface area is 115 Å². The molecule has 1 aromatic heterocycles. The number of ether oxygens (including phenoxy) is 1. The highest BCUT2D eigenvalue weighted by molar-refractivity contribution is 5.87. The van der Waals surface area contributed by atoms with Crippen LogP contribution >= 0.6 is 0 Å². The summed E-state index contributed by atoms with van der Waals surface area (Å²) in [5.74, 6) is 0.792. The second-order valence-corrected chi connectivity index (χ2v) is 4.44. The molecule has 0 aliphatic heterocycles. The summed E-state index contributed by atoms with van der Waals surface area (Å²) in [6, 6.07) is 14.3. The zero-order valence-corrected chi connectivity index (χ0v) is 10.8. The van der Waals surface area contributed by atoms with Gasteiger partial charge < -0.3 is 9.72 Å². The fourth-order valence-electron chi connectivity index (χ4n) is 2.16. The van der Waals surface area contributed by atoms with E-state index in [4.69, 9.17) is 4.74 Å². The molecule has 2 aromatic carbocycles. The fourth-order valence-corrected chi connectivity index (χ4v) is 2.16. The molecule has 0 aliphatic rings. The van der Waals surface area contributed by atoms with Crippen molar-refractivity contribution in [2.45, 2.75) is 0 Å². The van der Waals surface area contributed by atoms with Gasteiger partial charge >= 0.3 is 0 Å². The largest absolute Gasteiger partial charge is 0.497 e. The molecule has 0 bridgehead atoms. The number of hydrogen-bond acceptors (Lipinski definition) is 3. The van der Waals surface area contributed by atoms with Gasteiger partial charge in [-0.1, -0.05) is 0 Å². The van der Waals surface area contributed by atoms with Crippen molar-refractivity contribution in [1.82, 2.24) is 4.98 Å². The van der Waals surface area contributed by atoms with Crippen LogP contribution in [-0.2, 0) is 0 Å². The van der Waals surface area contributed by atoms with Gasteiger partial charge in [0.2, 0.25) is 0 Å². The van der Waals surface area contributed by atoms with E-state index in [-0.39, 0.29) is 10.6 Å². The maximum atomic E-state index is 10.8. The number of aromatic amines is 1. The summed E-state index contributed by atoms with van der Waals surface area (Å²) < 4.78 is 5.12. The van der Waals surface area contributed by atoms with Crippen molar-refractivity contribution in [3.05, 3.63) is 58.6 Å². The number of methoxy groups -OCH3 is 1. The minimum Gasteiger partial charge on any atom is -0.497 e. The molecule has 20 heavy (non-hydrogen) atoms. The Morgan fingerprint density at radius 3 is 2.50 bits per heavy atom. The van der Waals surface area contributed by atoms with Crippen LogP contribution in [0.1, 0.15) is 0 Å². The molecule has 0 atom stereocenters. The van der Waals surface area contributed by atoms with Crippen molar-refractivity contribution in [2.24, 2.45) is 0 Å². The number of nitro groups is 1. The van der Waals surface area contributed by atoms with Crippen molar-refractivity contribution in [1.29, 1.82) is 0 Å². The SMILES string of the molecule is COc1ccc(-c2cc3cc([N+](=O)[O-])ccc3[nH]2)cc1. The van der Waals surface area contributed by atoms with Gasteiger partial charge in [-0.25, -0.2) is 0 Å². The molecular weight excluding hydrogens is 256 g/mol. The number of benzene rings is 2. The number of fused-ring (bicyclic) bond motifs is 1. The molecule has 1 heterocycles. The van der Waals surface area contributed by atoms with Crippen molar-refractivity contribution >= 4 is 16.6 Å². The van der Waals surface area contributed by atoms with Gasteiger partial charge in [0, 0.05) is 28.7 Å². The van der Waals surface area contributed by atoms with Crippen LogP contribution in [0.5, 0.6) is 5.75 Å². The number of nitrogens with zero attached hydrogens (tertiary/aromatic N) is 1. The van der Waals surface area contributed by atoms with E-state index in [9.17, 15) is 10.1 Å². The lowest BCUT2D eigenvalue weighted by Gasteiger charge is -2.01. The van der Waals surface area contributed by atoms with Gasteiger partial charge in [-0.3, -0.25) is 10.1 Å². The molecule has 100 valence electrons. The Balaban J connectivity index is 2.05. The highest BCUT2D eigenvalue weighted by atomic mass is 16.6. The van der Waals surface area contributed by atoms with E-state index in [0.717, 1.165) is 27.9 Å². The maximum Gasteiger partial charge on any atom is 0.270 e. The number of non-ortho nitro benzene ring substituents is 1. The van der Waals surface area contributed by atoms with E-state index >= 15 is 0 Å². The summed E-state index contributed by atoms with van der Waals surface area (Å²) in [5.41, 5.74) is 2.90. The molecule has 1 N–H and O–H groups in total. The lowest BCUT2D eigenvalue weighted by atomic mass is 10.1. The minimum atomic E-state index is -0.389. The molecule has 0 saturated heterocycles. The summed E-state index contributed by atoms with van der Waals surface area (Å²) in [4.78, 5) is 13.6. The lowest BCUT2D eigenvalue weighted by molar-refractivity contribution is -0.384. The Hall–Kier alpha value is -2.82. The van der Waals surface area contributed by atoms with Crippen LogP contribution in [0.4, 0.5) is 5.69 Å². The van der Waals surface area contributed by atoms with E-state index in [0.29, 0.717) is 0 Å². The van der Waals surface area contributed by atoms with Gasteiger partial charge in [-0.2, -0.15) is 0 Å². The third-order valence-electron chi connectivity index (χ3n) is 3.22. The van der Waals surface area contributed by atoms with Gasteiger partial charge in [-0.15, -0.1) is 0 Å². The maximum absolute atomic E-state index is 10.8. The topological polar surface area (TPSA) is 68.2 Å². The quantitative estimate of drug-likeness (QED) is 0.581. The first kappa shape index (κ1) is 12.2. The Morgan fingerprint density at radius 2 is 1.85 bits per heavy atom. The summed E-state index contributed by atoms with van der Waals surface area (Å²) in [7, 11) is 1.62. The van der Waals surface area contributed by atoms with Gasteiger partial charge in [0.15, 0.2) is 0 Å². The summed E-state index contributed by atoms with van der Waals surface area (Å²) >= 11 is 0. The van der Waals surface area contributed by atoms with Gasteiger partial charge in [0.1, 0.15) is 5.75 Å². The van der Waals surface area contributed by atoms with Crippen molar-refractivity contribution in [3.8, 4) is 17.0 Å². The van der Waals surface area contributed by atoms with Crippen molar-refractivity contribution < 1.29 is 9.66 Å². The zero-order chi connectivity index (χ0) is 14.1. The van der Waals surface area contributed by atoms with Crippen LogP contribution in [0, 0.1) is 10.1 Å². The van der Waals surface area contributed by atoms with Gasteiger partial charge in [-0.05, 0) is 42.0 Å². The summed E-state index contributed by atoms with van der Waals surface area (Å²) in [6.07, 6.45) is 0. The number of hydrogen-bond donors (Lipinski definition) is 1. The third kappa shape index (κ3) is 2.09. The molecule has 3 rings (SSSR count). The second kappa shape index (κ2) is 4.70. The van der Waals surface area contributed by atoms with Crippen LogP contribution in [0.25, 0.3) is 22.2 Å². The number of nitrogens with one attached hydrogen (secondary N) is 1. The Bertz CT molecular complexity index is 775. The van der Waals surface area contributed by atoms with Crippen molar-refractivity contribution in [2.75, 3.05) is 7.11 Å². The zero-order valence-electron chi connectivity index (χ0n) is 10.8. The van der Waals surface area contributed by atoms with E-state index in [2.05, 4.69) is 4.98 Å². The monoisotopic (exact) mass is 268 g/mol. The molecule has 5 nitrogen and oxygen atoms in total. The molecule has 5 heteroatoms. The molecular formula is C15H12N2O3. The summed E-state index contributed by atoms with van der Waals surface area (Å²) in [6.45, 7) is 0. The molecule has 0 spiro atoms. The molecule has 0 aliphatic carbocycles. The van der Waals surface area contributed by atoms with Gasteiger partial charge in [0.05, 0.1) is 12.0 Å². The number of H-pyrrole nitrogens is 1. The highest BCUT2D eigenvalue weighted by Crippen LogP contribution is 2.27.